The predicted molar refractivity (Wildman–Crippen MR) is 111 cm³/mol. The van der Waals surface area contributed by atoms with E-state index in [1.165, 1.54) is 35.1 Å². The Morgan fingerprint density at radius 3 is 2.67 bits per heavy atom. The van der Waals surface area contributed by atoms with Crippen LogP contribution in [-0.4, -0.2) is 52.6 Å². The van der Waals surface area contributed by atoms with Gasteiger partial charge in [-0.25, -0.2) is 4.98 Å². The molecule has 0 saturated carbocycles. The van der Waals surface area contributed by atoms with Crippen molar-refractivity contribution in [1.82, 2.24) is 19.9 Å². The number of benzene rings is 2. The third-order valence-electron chi connectivity index (χ3n) is 5.74. The third-order valence-corrected chi connectivity index (χ3v) is 5.74. The molecule has 1 fully saturated rings. The summed E-state index contributed by atoms with van der Waals surface area (Å²) in [6, 6.07) is 15.0. The molecule has 5 nitrogen and oxygen atoms in total. The van der Waals surface area contributed by atoms with Gasteiger partial charge in [0.1, 0.15) is 5.52 Å². The Hall–Kier alpha value is -2.79. The summed E-state index contributed by atoms with van der Waals surface area (Å²) in [6.45, 7) is 5.54. The molecule has 0 bridgehead atoms. The molecule has 1 aliphatic rings. The van der Waals surface area contributed by atoms with Crippen LogP contribution in [0.2, 0.25) is 0 Å². The standard InChI is InChI=1S/C22H25N5/c1-2-7-19-18(6-1)17(15-23-19)5-4-10-26-11-13-27(14-12-26)21-9-3-8-20-22(21)25-16-24-20/h1-3,6-9,15-16,23H,4-5,10-14H2,(H,24,25). The second-order valence-corrected chi connectivity index (χ2v) is 7.37. The Morgan fingerprint density at radius 2 is 1.74 bits per heavy atom. The van der Waals surface area contributed by atoms with Crippen molar-refractivity contribution >= 4 is 27.6 Å². The molecule has 0 spiro atoms. The monoisotopic (exact) mass is 359 g/mol. The Bertz CT molecular complexity index is 1040. The quantitative estimate of drug-likeness (QED) is 0.570. The second-order valence-electron chi connectivity index (χ2n) is 7.37. The molecule has 2 aromatic carbocycles. The second kappa shape index (κ2) is 7.08. The molecule has 5 heteroatoms. The Labute approximate surface area is 159 Å². The largest absolute Gasteiger partial charge is 0.367 e. The van der Waals surface area contributed by atoms with Crippen molar-refractivity contribution in [3.63, 3.8) is 0 Å². The van der Waals surface area contributed by atoms with E-state index < -0.39 is 0 Å². The summed E-state index contributed by atoms with van der Waals surface area (Å²) < 4.78 is 0. The highest BCUT2D eigenvalue weighted by Gasteiger charge is 2.19. The van der Waals surface area contributed by atoms with Gasteiger partial charge in [-0.2, -0.15) is 0 Å². The average molecular weight is 359 g/mol. The van der Waals surface area contributed by atoms with Crippen LogP contribution in [0.5, 0.6) is 0 Å². The highest BCUT2D eigenvalue weighted by atomic mass is 15.3. The fourth-order valence-corrected chi connectivity index (χ4v) is 4.25. The van der Waals surface area contributed by atoms with E-state index in [1.54, 1.807) is 6.33 Å². The maximum absolute atomic E-state index is 4.50. The minimum Gasteiger partial charge on any atom is -0.367 e. The molecular weight excluding hydrogens is 334 g/mol. The number of H-pyrrole nitrogens is 2. The van der Waals surface area contributed by atoms with Crippen molar-refractivity contribution < 1.29 is 0 Å². The minimum absolute atomic E-state index is 1.07. The maximum Gasteiger partial charge on any atom is 0.112 e. The van der Waals surface area contributed by atoms with Crippen LogP contribution in [0.15, 0.2) is 55.0 Å². The van der Waals surface area contributed by atoms with Crippen LogP contribution < -0.4 is 4.90 Å². The van der Waals surface area contributed by atoms with Crippen LogP contribution in [0.3, 0.4) is 0 Å². The normalized spacial score (nSPS) is 15.8. The molecule has 0 radical (unpaired) electrons. The first-order valence-electron chi connectivity index (χ1n) is 9.83. The predicted octanol–water partition coefficient (Wildman–Crippen LogP) is 3.80. The number of fused-ring (bicyclic) bond motifs is 2. The molecule has 1 saturated heterocycles. The topological polar surface area (TPSA) is 50.9 Å². The molecule has 27 heavy (non-hydrogen) atoms. The van der Waals surface area contributed by atoms with E-state index in [0.717, 1.165) is 43.6 Å². The summed E-state index contributed by atoms with van der Waals surface area (Å²) in [5.74, 6) is 0. The molecule has 3 heterocycles. The van der Waals surface area contributed by atoms with Gasteiger partial charge in [-0.05, 0) is 43.1 Å². The summed E-state index contributed by atoms with van der Waals surface area (Å²) >= 11 is 0. The van der Waals surface area contributed by atoms with Crippen molar-refractivity contribution in [2.75, 3.05) is 37.6 Å². The van der Waals surface area contributed by atoms with Crippen LogP contribution >= 0.6 is 0 Å². The Kier molecular flexibility index (Phi) is 4.30. The van der Waals surface area contributed by atoms with Crippen LogP contribution in [0.4, 0.5) is 5.69 Å². The van der Waals surface area contributed by atoms with Gasteiger partial charge in [0, 0.05) is 43.3 Å². The number of para-hydroxylation sites is 2. The molecule has 0 amide bonds. The SMILES string of the molecule is c1ccc2c(CCCN3CCN(c4cccc5[nH]cnc45)CC3)c[nH]c2c1. The lowest BCUT2D eigenvalue weighted by atomic mass is 10.1. The number of nitrogens with one attached hydrogen (secondary N) is 2. The lowest BCUT2D eigenvalue weighted by Crippen LogP contribution is -2.46. The fraction of sp³-hybridized carbons (Fsp3) is 0.318. The minimum atomic E-state index is 1.07. The number of nitrogens with zero attached hydrogens (tertiary/aromatic N) is 3. The Balaban J connectivity index is 1.16. The zero-order valence-corrected chi connectivity index (χ0v) is 15.5. The van der Waals surface area contributed by atoms with Crippen LogP contribution in [0, 0.1) is 0 Å². The molecule has 0 atom stereocenters. The summed E-state index contributed by atoms with van der Waals surface area (Å²) in [7, 11) is 0. The van der Waals surface area contributed by atoms with Gasteiger partial charge in [-0.15, -0.1) is 0 Å². The van der Waals surface area contributed by atoms with Crippen LogP contribution in [0.25, 0.3) is 21.9 Å². The van der Waals surface area contributed by atoms with Crippen molar-refractivity contribution in [1.29, 1.82) is 0 Å². The van der Waals surface area contributed by atoms with E-state index >= 15 is 0 Å². The van der Waals surface area contributed by atoms with Gasteiger partial charge < -0.3 is 14.9 Å². The summed E-state index contributed by atoms with van der Waals surface area (Å²) in [5.41, 5.74) is 6.15. The number of piperazine rings is 1. The zero-order chi connectivity index (χ0) is 18.1. The van der Waals surface area contributed by atoms with Crippen LogP contribution in [0.1, 0.15) is 12.0 Å². The van der Waals surface area contributed by atoms with Gasteiger partial charge in [0.25, 0.3) is 0 Å². The summed E-state index contributed by atoms with van der Waals surface area (Å²) in [6.07, 6.45) is 6.30. The van der Waals surface area contributed by atoms with Gasteiger partial charge in [0.05, 0.1) is 17.5 Å². The summed E-state index contributed by atoms with van der Waals surface area (Å²) in [4.78, 5) is 16.2. The number of rotatable bonds is 5. The number of aromatic amines is 2. The summed E-state index contributed by atoms with van der Waals surface area (Å²) in [5, 5.41) is 1.37. The molecule has 138 valence electrons. The number of aromatic nitrogens is 3. The van der Waals surface area contributed by atoms with E-state index in [0.29, 0.717) is 0 Å². The number of aryl methyl sites for hydroxylation is 1. The number of hydrogen-bond donors (Lipinski definition) is 2. The fourth-order valence-electron chi connectivity index (χ4n) is 4.25. The number of anilines is 1. The molecule has 0 unspecified atom stereocenters. The van der Waals surface area contributed by atoms with E-state index in [2.05, 4.69) is 73.4 Å². The van der Waals surface area contributed by atoms with Crippen LogP contribution in [-0.2, 0) is 6.42 Å². The van der Waals surface area contributed by atoms with E-state index in [1.807, 2.05) is 0 Å². The molecule has 0 aliphatic carbocycles. The van der Waals surface area contributed by atoms with Gasteiger partial charge in [0.15, 0.2) is 0 Å². The van der Waals surface area contributed by atoms with Gasteiger partial charge in [0.2, 0.25) is 0 Å². The first-order chi connectivity index (χ1) is 13.4. The number of hydrogen-bond acceptors (Lipinski definition) is 3. The lowest BCUT2D eigenvalue weighted by molar-refractivity contribution is 0.255. The van der Waals surface area contributed by atoms with E-state index in [-0.39, 0.29) is 0 Å². The highest BCUT2D eigenvalue weighted by Crippen LogP contribution is 2.25. The van der Waals surface area contributed by atoms with Crippen molar-refractivity contribution in [2.24, 2.45) is 0 Å². The molecule has 5 rings (SSSR count). The van der Waals surface area contributed by atoms with Gasteiger partial charge in [-0.1, -0.05) is 24.3 Å². The molecule has 4 aromatic rings. The first-order valence-corrected chi connectivity index (χ1v) is 9.83. The number of imidazole rings is 1. The third kappa shape index (κ3) is 3.19. The first kappa shape index (κ1) is 16.4. The zero-order valence-electron chi connectivity index (χ0n) is 15.5. The lowest BCUT2D eigenvalue weighted by Gasteiger charge is -2.36. The van der Waals surface area contributed by atoms with Crippen molar-refractivity contribution in [3.05, 3.63) is 60.6 Å². The van der Waals surface area contributed by atoms with Crippen molar-refractivity contribution in [3.8, 4) is 0 Å². The molecule has 2 N–H and O–H groups in total. The van der Waals surface area contributed by atoms with Crippen molar-refractivity contribution in [2.45, 2.75) is 12.8 Å². The van der Waals surface area contributed by atoms with Gasteiger partial charge in [-0.3, -0.25) is 4.90 Å². The smallest absolute Gasteiger partial charge is 0.112 e. The maximum atomic E-state index is 4.50. The highest BCUT2D eigenvalue weighted by molar-refractivity contribution is 5.88. The molecular formula is C22H25N5. The molecule has 1 aliphatic heterocycles. The van der Waals surface area contributed by atoms with E-state index in [9.17, 15) is 0 Å². The van der Waals surface area contributed by atoms with E-state index in [4.69, 9.17) is 0 Å². The Morgan fingerprint density at radius 1 is 0.889 bits per heavy atom. The average Bonchev–Trinajstić information content (AvgIpc) is 3.36. The molecule has 2 aromatic heterocycles. The van der Waals surface area contributed by atoms with Gasteiger partial charge >= 0.3 is 0 Å².